The zero-order valence-corrected chi connectivity index (χ0v) is 12.9. The number of hydrogen-bond donors (Lipinski definition) is 1. The summed E-state index contributed by atoms with van der Waals surface area (Å²) in [5, 5.41) is 4.84. The lowest BCUT2D eigenvalue weighted by molar-refractivity contribution is 0.155. The summed E-state index contributed by atoms with van der Waals surface area (Å²) in [6.07, 6.45) is 2.12. The summed E-state index contributed by atoms with van der Waals surface area (Å²) < 4.78 is 6.38. The maximum absolute atomic E-state index is 6.47. The van der Waals surface area contributed by atoms with E-state index in [1.165, 1.54) is 32.3 Å². The summed E-state index contributed by atoms with van der Waals surface area (Å²) in [7, 11) is 0. The number of rotatable bonds is 0. The molecule has 2 heteroatoms. The molecule has 3 aromatic rings. The van der Waals surface area contributed by atoms with Crippen molar-refractivity contribution >= 4 is 22.4 Å². The largest absolute Gasteiger partial charge is 0.480 e. The van der Waals surface area contributed by atoms with Crippen LogP contribution in [0, 0.1) is 0 Å². The van der Waals surface area contributed by atoms with Crippen LogP contribution < -0.4 is 20.9 Å². The topological polar surface area (TPSA) is 35.2 Å². The Balaban J connectivity index is 1.96. The van der Waals surface area contributed by atoms with Crippen molar-refractivity contribution in [2.45, 2.75) is 18.6 Å². The predicted octanol–water partition coefficient (Wildman–Crippen LogP) is 2.31. The third-order valence-electron chi connectivity index (χ3n) is 5.16. The highest BCUT2D eigenvalue weighted by Gasteiger charge is 2.46. The molecule has 0 spiro atoms. The lowest BCUT2D eigenvalue weighted by Gasteiger charge is -2.33. The van der Waals surface area contributed by atoms with Crippen molar-refractivity contribution in [2.24, 2.45) is 5.73 Å². The number of hydrogen-bond acceptors (Lipinski definition) is 2. The van der Waals surface area contributed by atoms with Crippen molar-refractivity contribution in [2.75, 3.05) is 0 Å². The average Bonchev–Trinajstić information content (AvgIpc) is 2.86. The van der Waals surface area contributed by atoms with Gasteiger partial charge in [-0.2, -0.15) is 0 Å². The highest BCUT2D eigenvalue weighted by atomic mass is 16.5. The van der Waals surface area contributed by atoms with Gasteiger partial charge in [-0.25, -0.2) is 0 Å². The van der Waals surface area contributed by atoms with Crippen LogP contribution in [0.2, 0.25) is 0 Å². The Hall–Kier alpha value is -2.58. The number of fused-ring (bicyclic) bond motifs is 5. The third-order valence-corrected chi connectivity index (χ3v) is 5.16. The quantitative estimate of drug-likeness (QED) is 0.691. The van der Waals surface area contributed by atoms with Crippen LogP contribution in [0.4, 0.5) is 0 Å². The Bertz CT molecular complexity index is 1080. The van der Waals surface area contributed by atoms with Crippen LogP contribution in [-0.4, -0.2) is 11.6 Å². The minimum absolute atomic E-state index is 0.164. The average molecular weight is 299 g/mol. The maximum atomic E-state index is 6.47. The first-order valence-corrected chi connectivity index (χ1v) is 7.96. The normalized spacial score (nSPS) is 24.4. The molecule has 1 aliphatic heterocycles. The van der Waals surface area contributed by atoms with Gasteiger partial charge in [-0.3, -0.25) is 0 Å². The van der Waals surface area contributed by atoms with Crippen molar-refractivity contribution in [1.29, 1.82) is 0 Å². The Morgan fingerprint density at radius 3 is 2.48 bits per heavy atom. The van der Waals surface area contributed by atoms with E-state index in [1.807, 2.05) is 0 Å². The van der Waals surface area contributed by atoms with Crippen molar-refractivity contribution in [3.63, 3.8) is 0 Å². The molecule has 2 N–H and O–H groups in total. The fourth-order valence-corrected chi connectivity index (χ4v) is 3.92. The van der Waals surface area contributed by atoms with Crippen LogP contribution >= 0.6 is 0 Å². The van der Waals surface area contributed by atoms with E-state index in [0.717, 1.165) is 5.75 Å². The van der Waals surface area contributed by atoms with E-state index in [1.54, 1.807) is 0 Å². The monoisotopic (exact) mass is 299 g/mol. The third kappa shape index (κ3) is 1.61. The molecular weight excluding hydrogens is 282 g/mol. The van der Waals surface area contributed by atoms with Gasteiger partial charge in [0.25, 0.3) is 0 Å². The van der Waals surface area contributed by atoms with E-state index in [-0.39, 0.29) is 6.04 Å². The van der Waals surface area contributed by atoms with Crippen molar-refractivity contribution in [1.82, 2.24) is 0 Å². The summed E-state index contributed by atoms with van der Waals surface area (Å²) in [4.78, 5) is 0. The molecule has 0 fully saturated rings. The lowest BCUT2D eigenvalue weighted by atomic mass is 9.80. The van der Waals surface area contributed by atoms with Crippen molar-refractivity contribution in [3.05, 3.63) is 76.7 Å². The van der Waals surface area contributed by atoms with Gasteiger partial charge in [0.15, 0.2) is 5.60 Å². The number of ether oxygens (including phenoxy) is 1. The molecular formula is C21H17NO. The fourth-order valence-electron chi connectivity index (χ4n) is 3.92. The van der Waals surface area contributed by atoms with Crippen LogP contribution in [0.15, 0.2) is 60.7 Å². The lowest BCUT2D eigenvalue weighted by Crippen LogP contribution is -2.54. The first kappa shape index (κ1) is 12.9. The SMILES string of the molecule is CC12Oc3cc4ccccc4cc3C1=c1ccccc1=CC2N. The van der Waals surface area contributed by atoms with Gasteiger partial charge < -0.3 is 10.5 Å². The smallest absolute Gasteiger partial charge is 0.151 e. The maximum Gasteiger partial charge on any atom is 0.151 e. The molecule has 0 bridgehead atoms. The van der Waals surface area contributed by atoms with E-state index in [0.29, 0.717) is 0 Å². The van der Waals surface area contributed by atoms with Gasteiger partial charge in [0.1, 0.15) is 5.75 Å². The van der Waals surface area contributed by atoms with E-state index in [9.17, 15) is 0 Å². The van der Waals surface area contributed by atoms with Gasteiger partial charge in [-0.1, -0.05) is 54.6 Å². The summed E-state index contributed by atoms with van der Waals surface area (Å²) in [6, 6.07) is 21.0. The second-order valence-electron chi connectivity index (χ2n) is 6.56. The first-order valence-electron chi connectivity index (χ1n) is 7.96. The standard InChI is InChI=1S/C21H17NO/c1-21-19(22)12-15-8-4-5-9-16(15)20(21)17-10-13-6-2-3-7-14(13)11-18(17)23-21/h2-12,19H,22H2,1H3. The van der Waals surface area contributed by atoms with Gasteiger partial charge in [-0.15, -0.1) is 0 Å². The van der Waals surface area contributed by atoms with Gasteiger partial charge in [0.2, 0.25) is 0 Å². The zero-order chi connectivity index (χ0) is 15.6. The van der Waals surface area contributed by atoms with E-state index >= 15 is 0 Å². The second-order valence-corrected chi connectivity index (χ2v) is 6.56. The van der Waals surface area contributed by atoms with Crippen molar-refractivity contribution in [3.8, 4) is 5.75 Å². The minimum atomic E-state index is -0.506. The van der Waals surface area contributed by atoms with Crippen LogP contribution in [0.3, 0.4) is 0 Å². The molecule has 1 aliphatic carbocycles. The molecule has 1 heterocycles. The first-order chi connectivity index (χ1) is 11.2. The Labute approximate surface area is 134 Å². The molecule has 2 nitrogen and oxygen atoms in total. The van der Waals surface area contributed by atoms with Crippen LogP contribution in [0.25, 0.3) is 22.4 Å². The number of benzene rings is 3. The summed E-state index contributed by atoms with van der Waals surface area (Å²) in [5.41, 5.74) is 8.35. The molecule has 23 heavy (non-hydrogen) atoms. The zero-order valence-electron chi connectivity index (χ0n) is 12.9. The van der Waals surface area contributed by atoms with Gasteiger partial charge in [-0.05, 0) is 40.3 Å². The minimum Gasteiger partial charge on any atom is -0.480 e. The molecule has 2 atom stereocenters. The molecule has 3 aromatic carbocycles. The molecule has 0 saturated carbocycles. The van der Waals surface area contributed by atoms with Gasteiger partial charge in [0.05, 0.1) is 6.04 Å². The highest BCUT2D eigenvalue weighted by molar-refractivity contribution is 5.93. The Morgan fingerprint density at radius 2 is 1.65 bits per heavy atom. The van der Waals surface area contributed by atoms with E-state index in [2.05, 4.69) is 73.7 Å². The van der Waals surface area contributed by atoms with E-state index in [4.69, 9.17) is 10.5 Å². The molecule has 112 valence electrons. The molecule has 2 unspecified atom stereocenters. The van der Waals surface area contributed by atoms with Crippen LogP contribution in [-0.2, 0) is 0 Å². The molecule has 0 radical (unpaired) electrons. The Kier molecular flexibility index (Phi) is 2.38. The molecule has 2 aliphatic rings. The predicted molar refractivity (Wildman–Crippen MR) is 93.6 cm³/mol. The second kappa shape index (κ2) is 4.24. The molecule has 5 rings (SSSR count). The molecule has 0 saturated heterocycles. The van der Waals surface area contributed by atoms with Gasteiger partial charge >= 0.3 is 0 Å². The van der Waals surface area contributed by atoms with E-state index < -0.39 is 5.60 Å². The van der Waals surface area contributed by atoms with Gasteiger partial charge in [0, 0.05) is 11.1 Å². The number of nitrogens with two attached hydrogens (primary N) is 1. The molecule has 0 aromatic heterocycles. The fraction of sp³-hybridized carbons (Fsp3) is 0.143. The highest BCUT2D eigenvalue weighted by Crippen LogP contribution is 2.46. The summed E-state index contributed by atoms with van der Waals surface area (Å²) in [5.74, 6) is 0.932. The Morgan fingerprint density at radius 1 is 0.957 bits per heavy atom. The van der Waals surface area contributed by atoms with Crippen molar-refractivity contribution < 1.29 is 4.74 Å². The van der Waals surface area contributed by atoms with Crippen LogP contribution in [0.1, 0.15) is 12.5 Å². The van der Waals surface area contributed by atoms with Crippen LogP contribution in [0.5, 0.6) is 5.75 Å². The summed E-state index contributed by atoms with van der Waals surface area (Å²) in [6.45, 7) is 2.10. The molecule has 0 amide bonds. The summed E-state index contributed by atoms with van der Waals surface area (Å²) >= 11 is 0.